The number of thioether (sulfide) groups is 1. The average molecular weight is 330 g/mol. The molecule has 1 heterocycles. The van der Waals surface area contributed by atoms with E-state index < -0.39 is 18.1 Å². The van der Waals surface area contributed by atoms with E-state index in [1.807, 2.05) is 12.1 Å². The number of halogens is 1. The summed E-state index contributed by atoms with van der Waals surface area (Å²) in [5.74, 6) is -0.745. The van der Waals surface area contributed by atoms with Crippen molar-refractivity contribution in [2.24, 2.45) is 0 Å². The molecule has 1 amide bonds. The Labute approximate surface area is 131 Å². The predicted octanol–water partition coefficient (Wildman–Crippen LogP) is 1.87. The van der Waals surface area contributed by atoms with Crippen molar-refractivity contribution in [1.82, 2.24) is 4.90 Å². The number of aliphatic carboxylic acids is 1. The van der Waals surface area contributed by atoms with Crippen LogP contribution in [0.15, 0.2) is 29.2 Å². The highest BCUT2D eigenvalue weighted by atomic mass is 35.5. The average Bonchev–Trinajstić information content (AvgIpc) is 2.83. The molecule has 114 valence electrons. The van der Waals surface area contributed by atoms with Crippen molar-refractivity contribution in [2.75, 3.05) is 12.3 Å². The van der Waals surface area contributed by atoms with Gasteiger partial charge in [-0.25, -0.2) is 4.79 Å². The first-order chi connectivity index (χ1) is 9.97. The van der Waals surface area contributed by atoms with Crippen LogP contribution in [0.2, 0.25) is 5.02 Å². The monoisotopic (exact) mass is 329 g/mol. The van der Waals surface area contributed by atoms with E-state index in [9.17, 15) is 14.7 Å². The predicted molar refractivity (Wildman–Crippen MR) is 80.6 cm³/mol. The van der Waals surface area contributed by atoms with Crippen LogP contribution in [0, 0.1) is 0 Å². The topological polar surface area (TPSA) is 77.8 Å². The third-order valence-corrected chi connectivity index (χ3v) is 4.55. The summed E-state index contributed by atoms with van der Waals surface area (Å²) in [6.07, 6.45) is -0.409. The second-order valence-electron chi connectivity index (χ2n) is 4.84. The number of carboxylic acid groups (broad SMARTS) is 1. The van der Waals surface area contributed by atoms with E-state index >= 15 is 0 Å². The normalized spacial score (nSPS) is 21.5. The molecule has 1 aromatic carbocycles. The summed E-state index contributed by atoms with van der Waals surface area (Å²) >= 11 is 7.30. The summed E-state index contributed by atoms with van der Waals surface area (Å²) in [7, 11) is 0. The van der Waals surface area contributed by atoms with Crippen LogP contribution in [-0.4, -0.2) is 51.4 Å². The first-order valence-electron chi connectivity index (χ1n) is 6.56. The third-order valence-electron chi connectivity index (χ3n) is 3.28. The number of carbonyl (C=O) groups excluding carboxylic acids is 1. The molecular weight excluding hydrogens is 314 g/mol. The fourth-order valence-corrected chi connectivity index (χ4v) is 3.22. The molecule has 0 aromatic heterocycles. The summed E-state index contributed by atoms with van der Waals surface area (Å²) < 4.78 is 0. The Bertz CT molecular complexity index is 522. The van der Waals surface area contributed by atoms with Gasteiger partial charge in [-0.3, -0.25) is 4.79 Å². The van der Waals surface area contributed by atoms with Crippen molar-refractivity contribution in [3.05, 3.63) is 29.3 Å². The number of hydrogen-bond donors (Lipinski definition) is 2. The van der Waals surface area contributed by atoms with Crippen molar-refractivity contribution in [1.29, 1.82) is 0 Å². The largest absolute Gasteiger partial charge is 0.480 e. The number of rotatable bonds is 5. The van der Waals surface area contributed by atoms with Gasteiger partial charge in [0.15, 0.2) is 0 Å². The van der Waals surface area contributed by atoms with Crippen LogP contribution in [0.4, 0.5) is 0 Å². The molecule has 0 saturated carbocycles. The highest BCUT2D eigenvalue weighted by Gasteiger charge is 2.38. The zero-order chi connectivity index (χ0) is 15.4. The SMILES string of the molecule is O=C(O)[C@H]1C[C@@H](O)CN1C(=O)CCSc1ccc(Cl)cc1. The van der Waals surface area contributed by atoms with Gasteiger partial charge in [-0.2, -0.15) is 0 Å². The molecule has 2 atom stereocenters. The maximum absolute atomic E-state index is 12.1. The van der Waals surface area contributed by atoms with E-state index in [1.165, 1.54) is 16.7 Å². The minimum Gasteiger partial charge on any atom is -0.480 e. The van der Waals surface area contributed by atoms with Crippen molar-refractivity contribution >= 4 is 35.2 Å². The Hall–Kier alpha value is -1.24. The minimum atomic E-state index is -1.06. The third kappa shape index (κ3) is 4.36. The van der Waals surface area contributed by atoms with Crippen LogP contribution in [0.5, 0.6) is 0 Å². The number of carbonyl (C=O) groups is 2. The Morgan fingerprint density at radius 1 is 1.33 bits per heavy atom. The second kappa shape index (κ2) is 7.15. The number of aliphatic hydroxyl groups is 1. The Morgan fingerprint density at radius 3 is 2.62 bits per heavy atom. The van der Waals surface area contributed by atoms with E-state index in [1.54, 1.807) is 12.1 Å². The maximum Gasteiger partial charge on any atom is 0.326 e. The lowest BCUT2D eigenvalue weighted by atomic mass is 10.2. The highest BCUT2D eigenvalue weighted by Crippen LogP contribution is 2.23. The van der Waals surface area contributed by atoms with Gasteiger partial charge < -0.3 is 15.1 Å². The summed E-state index contributed by atoms with van der Waals surface area (Å²) in [5.41, 5.74) is 0. The van der Waals surface area contributed by atoms with E-state index in [0.717, 1.165) is 4.90 Å². The lowest BCUT2D eigenvalue weighted by Gasteiger charge is -2.20. The molecular formula is C14H16ClNO4S. The first kappa shape index (κ1) is 16.1. The van der Waals surface area contributed by atoms with Gasteiger partial charge in [0.1, 0.15) is 6.04 Å². The molecule has 1 fully saturated rings. The molecule has 2 N–H and O–H groups in total. The molecule has 0 radical (unpaired) electrons. The standard InChI is InChI=1S/C14H16ClNO4S/c15-9-1-3-11(4-2-9)21-6-5-13(18)16-8-10(17)7-12(16)14(19)20/h1-4,10,12,17H,5-8H2,(H,19,20)/t10-,12-/m1/s1. The molecule has 7 heteroatoms. The Kier molecular flexibility index (Phi) is 5.50. The van der Waals surface area contributed by atoms with Gasteiger partial charge in [0, 0.05) is 35.1 Å². The summed E-state index contributed by atoms with van der Waals surface area (Å²) in [6, 6.07) is 6.40. The zero-order valence-corrected chi connectivity index (χ0v) is 12.8. The maximum atomic E-state index is 12.1. The molecule has 21 heavy (non-hydrogen) atoms. The highest BCUT2D eigenvalue weighted by molar-refractivity contribution is 7.99. The van der Waals surface area contributed by atoms with Crippen LogP contribution >= 0.6 is 23.4 Å². The number of amides is 1. The van der Waals surface area contributed by atoms with E-state index in [4.69, 9.17) is 16.7 Å². The molecule has 0 unspecified atom stereocenters. The molecule has 2 rings (SSSR count). The van der Waals surface area contributed by atoms with Crippen molar-refractivity contribution in [3.8, 4) is 0 Å². The van der Waals surface area contributed by atoms with Crippen LogP contribution < -0.4 is 0 Å². The quantitative estimate of drug-likeness (QED) is 0.806. The number of carboxylic acids is 1. The number of β-amino-alcohol motifs (C(OH)–C–C–N with tert-alkyl or cyclic N) is 1. The van der Waals surface area contributed by atoms with Crippen molar-refractivity contribution < 1.29 is 19.8 Å². The smallest absolute Gasteiger partial charge is 0.326 e. The molecule has 1 saturated heterocycles. The first-order valence-corrected chi connectivity index (χ1v) is 7.92. The van der Waals surface area contributed by atoms with Crippen molar-refractivity contribution in [2.45, 2.75) is 29.9 Å². The zero-order valence-electron chi connectivity index (χ0n) is 11.2. The molecule has 0 aliphatic carbocycles. The van der Waals surface area contributed by atoms with Crippen LogP contribution in [0.25, 0.3) is 0 Å². The summed E-state index contributed by atoms with van der Waals surface area (Å²) in [5, 5.41) is 19.2. The summed E-state index contributed by atoms with van der Waals surface area (Å²) in [6.45, 7) is 0.0986. The fourth-order valence-electron chi connectivity index (χ4n) is 2.25. The molecule has 1 aliphatic heterocycles. The second-order valence-corrected chi connectivity index (χ2v) is 6.45. The van der Waals surface area contributed by atoms with Crippen LogP contribution in [0.1, 0.15) is 12.8 Å². The minimum absolute atomic E-state index is 0.0986. The molecule has 1 aliphatic rings. The molecule has 0 bridgehead atoms. The number of hydrogen-bond acceptors (Lipinski definition) is 4. The van der Waals surface area contributed by atoms with E-state index in [2.05, 4.69) is 0 Å². The van der Waals surface area contributed by atoms with Gasteiger partial charge >= 0.3 is 5.97 Å². The van der Waals surface area contributed by atoms with Gasteiger partial charge in [-0.05, 0) is 24.3 Å². The fraction of sp³-hybridized carbons (Fsp3) is 0.429. The van der Waals surface area contributed by atoms with Gasteiger partial charge in [0.25, 0.3) is 0 Å². The van der Waals surface area contributed by atoms with E-state index in [-0.39, 0.29) is 25.3 Å². The Morgan fingerprint density at radius 2 is 2.00 bits per heavy atom. The van der Waals surface area contributed by atoms with Crippen LogP contribution in [-0.2, 0) is 9.59 Å². The van der Waals surface area contributed by atoms with Crippen LogP contribution in [0.3, 0.4) is 0 Å². The number of nitrogens with zero attached hydrogens (tertiary/aromatic N) is 1. The van der Waals surface area contributed by atoms with Gasteiger partial charge in [0.2, 0.25) is 5.91 Å². The lowest BCUT2D eigenvalue weighted by molar-refractivity contribution is -0.148. The van der Waals surface area contributed by atoms with Gasteiger partial charge in [0.05, 0.1) is 6.10 Å². The van der Waals surface area contributed by atoms with Gasteiger partial charge in [-0.15, -0.1) is 11.8 Å². The molecule has 1 aromatic rings. The number of aliphatic hydroxyl groups excluding tert-OH is 1. The lowest BCUT2D eigenvalue weighted by Crippen LogP contribution is -2.40. The van der Waals surface area contributed by atoms with E-state index in [0.29, 0.717) is 10.8 Å². The summed E-state index contributed by atoms with van der Waals surface area (Å²) in [4.78, 5) is 25.4. The number of likely N-dealkylation sites (tertiary alicyclic amines) is 1. The Balaban J connectivity index is 1.84. The molecule has 5 nitrogen and oxygen atoms in total. The van der Waals surface area contributed by atoms with Gasteiger partial charge in [-0.1, -0.05) is 11.6 Å². The van der Waals surface area contributed by atoms with Crippen molar-refractivity contribution in [3.63, 3.8) is 0 Å². The molecule has 0 spiro atoms. The number of benzene rings is 1.